The fourth-order valence-electron chi connectivity index (χ4n) is 11.2. The zero-order chi connectivity index (χ0) is 69.9. The summed E-state index contributed by atoms with van der Waals surface area (Å²) in [6.45, 7) is 45.9. The van der Waals surface area contributed by atoms with Gasteiger partial charge in [0.25, 0.3) is 0 Å². The summed E-state index contributed by atoms with van der Waals surface area (Å²) in [6, 6.07) is 0. The largest absolute Gasteiger partial charge is 0.458 e. The van der Waals surface area contributed by atoms with Crippen LogP contribution in [0.5, 0.6) is 0 Å². The van der Waals surface area contributed by atoms with Gasteiger partial charge in [-0.05, 0) is 105 Å². The Hall–Kier alpha value is -8.52. The first-order valence-corrected chi connectivity index (χ1v) is 29.4. The fourth-order valence-corrected chi connectivity index (χ4v) is 11.2. The summed E-state index contributed by atoms with van der Waals surface area (Å²) in [5.74, 6) is -12.9. The van der Waals surface area contributed by atoms with Crippen molar-refractivity contribution >= 4 is 71.1 Å². The van der Waals surface area contributed by atoms with E-state index < -0.39 is 173 Å². The summed E-state index contributed by atoms with van der Waals surface area (Å²) < 4.78 is 54.6. The Kier molecular flexibility index (Phi) is 23.4. The van der Waals surface area contributed by atoms with Crippen molar-refractivity contribution in [2.45, 2.75) is 186 Å². The molecular formula is C67H82O25. The number of fused-ring (bicyclic) bond motifs is 4. The summed E-state index contributed by atoms with van der Waals surface area (Å²) >= 11 is 0. The molecule has 4 aliphatic heterocycles. The van der Waals surface area contributed by atoms with Gasteiger partial charge in [-0.2, -0.15) is 0 Å². The maximum Gasteiger partial charge on any atom is 0.334 e. The van der Waals surface area contributed by atoms with Crippen LogP contribution in [-0.2, 0) is 105 Å². The van der Waals surface area contributed by atoms with Crippen LogP contribution in [0, 0.1) is 35.5 Å². The van der Waals surface area contributed by atoms with E-state index in [2.05, 4.69) is 52.6 Å². The van der Waals surface area contributed by atoms with Crippen molar-refractivity contribution < 1.29 is 120 Å². The molecule has 3 aliphatic carbocycles. The lowest BCUT2D eigenvalue weighted by Gasteiger charge is -2.40. The first-order chi connectivity index (χ1) is 42.4. The lowest BCUT2D eigenvalue weighted by atomic mass is 9.75. The Morgan fingerprint density at radius 3 is 1.04 bits per heavy atom. The topological polar surface area (TPSA) is 361 Å². The van der Waals surface area contributed by atoms with Crippen LogP contribution in [0.3, 0.4) is 0 Å². The summed E-state index contributed by atoms with van der Waals surface area (Å²) in [4.78, 5) is 150. The van der Waals surface area contributed by atoms with E-state index >= 15 is 0 Å². The van der Waals surface area contributed by atoms with Gasteiger partial charge in [0.1, 0.15) is 24.4 Å². The van der Waals surface area contributed by atoms with Crippen LogP contribution >= 0.6 is 0 Å². The van der Waals surface area contributed by atoms with Gasteiger partial charge in [-0.25, -0.2) is 38.4 Å². The average Bonchev–Trinajstić information content (AvgIpc) is 1.55. The SMILES string of the molecule is C=C(C)C(=O)O[C@@H]1[C@@H](OC(C)=O)[C@H]2C(=C)C(=O)O[C@@H]2C[C@@H](C)/C=C\C(=O)[C@@]1(C)O.C=C(C)C(=O)O[C@H]1[C@H]2C(=C)C(=O)O[C@@H]2C[C@@H](C)/C=C\C(=O)[C@@](C)(O)[C@@H]1OC(=O)C(=C)C.C=C(C)C(=O)O[C@H]1[C@H]2C(=C)C(=O)O[C@@H]2C[C@@H](C)[C@@H]2O[C@@H]2C(=O)[C@@](C)(O)[C@@H]1OC(=O)C(=C)C. The van der Waals surface area contributed by atoms with E-state index in [0.29, 0.717) is 12.8 Å². The normalized spacial score (nSPS) is 36.3. The number of allylic oxidation sites excluding steroid dienone is 2. The Balaban J connectivity index is 0.000000251. The highest BCUT2D eigenvalue weighted by Gasteiger charge is 2.64. The number of esters is 9. The van der Waals surface area contributed by atoms with E-state index in [9.17, 15) is 72.9 Å². The predicted octanol–water partition coefficient (Wildman–Crippen LogP) is 4.58. The average molecular weight is 1290 g/mol. The molecule has 92 heavy (non-hydrogen) atoms. The molecule has 0 spiro atoms. The molecule has 25 nitrogen and oxygen atoms in total. The standard InChI is InChI=1S/C23H28O9.C23H28O8.C21H26O8/c1-9(2)20(25)31-16-14-12(6)22(27)29-13(14)8-11(5)15-17(30-15)18(24)23(7,28)19(16)32-21(26)10(3)4;1-11(2)20(25)30-18-17-14(6)22(27)29-15(17)10-13(5)8-9-16(24)23(7,28)19(18)31-21(26)12(3)4;1-10(2)19(24)29-18-17(27-13(5)22)16-12(4)20(25)28-14(16)9-11(3)7-8-15(23)21(18,6)26/h11,13-17,19,28H,1,3,6,8H2,2,4-5,7H3;8-9,13,15,17-19,28H,1,3,6,10H2,2,4-5,7H3;7-8,11,14,16-18,26H,1,4,9H2,2-3,5-6H3/b;9-8-;8-7-/t11-,13-,14+,15+,16+,17+,19-,23-;13-,15+,17-,18-,19+,23+;11-,14+,16-,17-,18+,21+/m100/s1. The van der Waals surface area contributed by atoms with E-state index in [1.54, 1.807) is 19.1 Å². The summed E-state index contributed by atoms with van der Waals surface area (Å²) in [6.07, 6.45) is -6.62. The Morgan fingerprint density at radius 1 is 0.457 bits per heavy atom. The number of carbonyl (C=O) groups excluding carboxylic acids is 12. The van der Waals surface area contributed by atoms with Crippen molar-refractivity contribution in [3.63, 3.8) is 0 Å². The van der Waals surface area contributed by atoms with E-state index in [1.807, 2.05) is 13.8 Å². The highest BCUT2D eigenvalue weighted by atomic mass is 16.6. The number of ketones is 3. The van der Waals surface area contributed by atoms with Crippen LogP contribution in [0.1, 0.15) is 102 Å². The van der Waals surface area contributed by atoms with Crippen molar-refractivity contribution in [3.8, 4) is 0 Å². The Bertz CT molecular complexity index is 3250. The fraction of sp³-hybridized carbons (Fsp3) is 0.522. The lowest BCUT2D eigenvalue weighted by molar-refractivity contribution is -0.195. The van der Waals surface area contributed by atoms with Crippen molar-refractivity contribution in [1.82, 2.24) is 0 Å². The van der Waals surface area contributed by atoms with Crippen molar-refractivity contribution in [2.75, 3.05) is 0 Å². The van der Waals surface area contributed by atoms with Gasteiger partial charge >= 0.3 is 53.7 Å². The molecule has 25 heteroatoms. The number of epoxide rings is 1. The molecule has 0 radical (unpaired) electrons. The van der Waals surface area contributed by atoms with Crippen molar-refractivity contribution in [1.29, 1.82) is 0 Å². The second-order valence-corrected chi connectivity index (χ2v) is 25.1. The van der Waals surface area contributed by atoms with Crippen molar-refractivity contribution in [2.24, 2.45) is 35.5 Å². The summed E-state index contributed by atoms with van der Waals surface area (Å²) in [5, 5.41) is 33.5. The van der Waals surface area contributed by atoms with Gasteiger partial charge in [0, 0.05) is 51.5 Å². The smallest absolute Gasteiger partial charge is 0.334 e. The molecule has 7 aliphatic rings. The van der Waals surface area contributed by atoms with Gasteiger partial charge in [-0.15, -0.1) is 0 Å². The minimum Gasteiger partial charge on any atom is -0.458 e. The minimum absolute atomic E-state index is 0.00128. The molecule has 1 saturated carbocycles. The molecule has 5 fully saturated rings. The number of ether oxygens (including phenoxy) is 10. The van der Waals surface area contributed by atoms with Crippen LogP contribution in [0.15, 0.2) is 122 Å². The van der Waals surface area contributed by atoms with Crippen molar-refractivity contribution in [3.05, 3.63) is 122 Å². The molecular weight excluding hydrogens is 1200 g/mol. The highest BCUT2D eigenvalue weighted by molar-refractivity contribution is 6.00. The molecule has 20 atom stereocenters. The predicted molar refractivity (Wildman–Crippen MR) is 322 cm³/mol. The first-order valence-electron chi connectivity index (χ1n) is 29.4. The molecule has 7 rings (SSSR count). The molecule has 4 saturated heterocycles. The van der Waals surface area contributed by atoms with Gasteiger partial charge in [0.15, 0.2) is 70.8 Å². The number of carbonyl (C=O) groups is 12. The maximum atomic E-state index is 13.2. The molecule has 0 aromatic rings. The van der Waals surface area contributed by atoms with Gasteiger partial charge in [-0.1, -0.05) is 85.6 Å². The van der Waals surface area contributed by atoms with E-state index in [1.165, 1.54) is 46.8 Å². The van der Waals surface area contributed by atoms with Crippen LogP contribution in [0.2, 0.25) is 0 Å². The Morgan fingerprint density at radius 2 is 0.739 bits per heavy atom. The number of hydrogen-bond donors (Lipinski definition) is 3. The number of hydrogen-bond acceptors (Lipinski definition) is 25. The maximum absolute atomic E-state index is 13.2. The molecule has 4 heterocycles. The zero-order valence-corrected chi connectivity index (χ0v) is 53.7. The number of rotatable bonds is 11. The molecule has 3 N–H and O–H groups in total. The molecule has 500 valence electrons. The van der Waals surface area contributed by atoms with Crippen LogP contribution in [-0.4, -0.2) is 170 Å². The highest BCUT2D eigenvalue weighted by Crippen LogP contribution is 2.47. The van der Waals surface area contributed by atoms with Gasteiger partial charge in [0.2, 0.25) is 0 Å². The lowest BCUT2D eigenvalue weighted by Crippen LogP contribution is -2.60. The molecule has 0 amide bonds. The monoisotopic (exact) mass is 1290 g/mol. The molecule has 0 aromatic carbocycles. The number of aliphatic hydroxyl groups is 3. The molecule has 0 bridgehead atoms. The first kappa shape index (κ1) is 74.2. The Labute approximate surface area is 532 Å². The van der Waals surface area contributed by atoms with E-state index in [0.717, 1.165) is 27.7 Å². The molecule has 0 aromatic heterocycles. The quantitative estimate of drug-likeness (QED) is 0.110. The van der Waals surface area contributed by atoms with Crippen LogP contribution < -0.4 is 0 Å². The third-order valence-electron chi connectivity index (χ3n) is 16.6. The second-order valence-electron chi connectivity index (χ2n) is 25.1. The number of Topliss-reactive ketones (excluding diaryl/α,β-unsaturated/α-hetero) is 1. The second kappa shape index (κ2) is 29.0. The third-order valence-corrected chi connectivity index (χ3v) is 16.6. The molecule has 0 unspecified atom stereocenters. The van der Waals surface area contributed by atoms with E-state index in [4.69, 9.17) is 47.4 Å². The van der Waals surface area contributed by atoms with E-state index in [-0.39, 0.29) is 68.8 Å². The zero-order valence-electron chi connectivity index (χ0n) is 53.7. The minimum atomic E-state index is -2.32. The summed E-state index contributed by atoms with van der Waals surface area (Å²) in [7, 11) is 0. The van der Waals surface area contributed by atoms with Gasteiger partial charge in [0.05, 0.1) is 23.9 Å². The van der Waals surface area contributed by atoms with Gasteiger partial charge in [-0.3, -0.25) is 19.2 Å². The van der Waals surface area contributed by atoms with Crippen LogP contribution in [0.25, 0.3) is 0 Å². The summed E-state index contributed by atoms with van der Waals surface area (Å²) in [5.41, 5.74) is -6.80. The van der Waals surface area contributed by atoms with Crippen LogP contribution in [0.4, 0.5) is 0 Å². The third kappa shape index (κ3) is 16.4. The van der Waals surface area contributed by atoms with Gasteiger partial charge < -0.3 is 62.7 Å².